The molecule has 3 rings (SSSR count). The van der Waals surface area contributed by atoms with Gasteiger partial charge in [-0.25, -0.2) is 0 Å². The molecule has 0 radical (unpaired) electrons. The van der Waals surface area contributed by atoms with Gasteiger partial charge in [0.05, 0.1) is 12.4 Å². The lowest BCUT2D eigenvalue weighted by molar-refractivity contribution is -0.121. The molecule has 1 saturated carbocycles. The lowest BCUT2D eigenvalue weighted by Crippen LogP contribution is -2.40. The minimum Gasteiger partial charge on any atom is -0.494 e. The molecular weight excluding hydrogens is 338 g/mol. The molecule has 1 fully saturated rings. The molecule has 1 heterocycles. The summed E-state index contributed by atoms with van der Waals surface area (Å²) < 4.78 is 6.98. The molecule has 2 aromatic rings. The fraction of sp³-hybridized carbons (Fsp3) is 0.529. The largest absolute Gasteiger partial charge is 0.494 e. The SMILES string of the molecule is COc1ccccc1-n1nnnc1S[C@H](C)C(=O)NC1CCCCC1. The van der Waals surface area contributed by atoms with Gasteiger partial charge in [-0.1, -0.05) is 43.2 Å². The zero-order valence-corrected chi connectivity index (χ0v) is 15.3. The molecule has 25 heavy (non-hydrogen) atoms. The van der Waals surface area contributed by atoms with Gasteiger partial charge in [-0.05, 0) is 42.3 Å². The number of amides is 1. The minimum absolute atomic E-state index is 0.0338. The highest BCUT2D eigenvalue weighted by Gasteiger charge is 2.23. The van der Waals surface area contributed by atoms with E-state index in [-0.39, 0.29) is 11.2 Å². The van der Waals surface area contributed by atoms with E-state index in [9.17, 15) is 4.79 Å². The maximum Gasteiger partial charge on any atom is 0.233 e. The summed E-state index contributed by atoms with van der Waals surface area (Å²) in [5, 5.41) is 15.3. The monoisotopic (exact) mass is 361 g/mol. The lowest BCUT2D eigenvalue weighted by atomic mass is 9.95. The Bertz CT molecular complexity index is 715. The molecule has 0 spiro atoms. The average molecular weight is 361 g/mol. The summed E-state index contributed by atoms with van der Waals surface area (Å²) >= 11 is 1.35. The molecule has 1 aromatic heterocycles. The molecule has 8 heteroatoms. The standard InChI is InChI=1S/C17H23N5O2S/c1-12(16(23)18-13-8-4-3-5-9-13)25-17-19-20-21-22(17)14-10-6-7-11-15(14)24-2/h6-7,10-13H,3-5,8-9H2,1-2H3,(H,18,23)/t12-/m1/s1. The Morgan fingerprint density at radius 3 is 2.84 bits per heavy atom. The zero-order valence-electron chi connectivity index (χ0n) is 14.5. The molecule has 1 aliphatic carbocycles. The molecule has 134 valence electrons. The predicted octanol–water partition coefficient (Wildman–Crippen LogP) is 2.60. The van der Waals surface area contributed by atoms with E-state index in [1.165, 1.54) is 31.0 Å². The number of tetrazole rings is 1. The molecule has 1 N–H and O–H groups in total. The Morgan fingerprint density at radius 1 is 1.32 bits per heavy atom. The van der Waals surface area contributed by atoms with E-state index in [1.54, 1.807) is 11.8 Å². The number of benzene rings is 1. The number of rotatable bonds is 6. The van der Waals surface area contributed by atoms with Crippen LogP contribution in [0.2, 0.25) is 0 Å². The highest BCUT2D eigenvalue weighted by Crippen LogP contribution is 2.28. The predicted molar refractivity (Wildman–Crippen MR) is 96.0 cm³/mol. The molecule has 7 nitrogen and oxygen atoms in total. The average Bonchev–Trinajstić information content (AvgIpc) is 3.10. The first-order valence-corrected chi connectivity index (χ1v) is 9.46. The van der Waals surface area contributed by atoms with Crippen LogP contribution in [0.25, 0.3) is 5.69 Å². The maximum atomic E-state index is 12.5. The van der Waals surface area contributed by atoms with Crippen LogP contribution in [0.5, 0.6) is 5.75 Å². The molecule has 0 bridgehead atoms. The highest BCUT2D eigenvalue weighted by atomic mass is 32.2. The van der Waals surface area contributed by atoms with Crippen molar-refractivity contribution in [1.29, 1.82) is 0 Å². The van der Waals surface area contributed by atoms with Gasteiger partial charge in [-0.3, -0.25) is 4.79 Å². The molecular formula is C17H23N5O2S. The van der Waals surface area contributed by atoms with Gasteiger partial charge < -0.3 is 10.1 Å². The molecule has 1 amide bonds. The summed E-state index contributed by atoms with van der Waals surface area (Å²) in [6.07, 6.45) is 5.80. The highest BCUT2D eigenvalue weighted by molar-refractivity contribution is 8.00. The quantitative estimate of drug-likeness (QED) is 0.797. The number of carbonyl (C=O) groups is 1. The number of hydrogen-bond acceptors (Lipinski definition) is 6. The van der Waals surface area contributed by atoms with Crippen LogP contribution >= 0.6 is 11.8 Å². The molecule has 1 atom stereocenters. The number of para-hydroxylation sites is 2. The van der Waals surface area contributed by atoms with Crippen molar-refractivity contribution in [1.82, 2.24) is 25.5 Å². The van der Waals surface area contributed by atoms with Gasteiger partial charge in [0.1, 0.15) is 11.4 Å². The second-order valence-corrected chi connectivity index (χ2v) is 7.46. The smallest absolute Gasteiger partial charge is 0.233 e. The number of carbonyl (C=O) groups excluding carboxylic acids is 1. The van der Waals surface area contributed by atoms with Crippen LogP contribution in [0.15, 0.2) is 29.4 Å². The van der Waals surface area contributed by atoms with E-state index < -0.39 is 0 Å². The zero-order chi connectivity index (χ0) is 17.6. The van der Waals surface area contributed by atoms with E-state index in [2.05, 4.69) is 20.8 Å². The van der Waals surface area contributed by atoms with E-state index >= 15 is 0 Å². The van der Waals surface area contributed by atoms with Crippen molar-refractivity contribution in [2.45, 2.75) is 55.5 Å². The van der Waals surface area contributed by atoms with Crippen LogP contribution in [-0.4, -0.2) is 44.5 Å². The Morgan fingerprint density at radius 2 is 2.08 bits per heavy atom. The Hall–Kier alpha value is -2.09. The third-order valence-corrected chi connectivity index (χ3v) is 5.39. The first kappa shape index (κ1) is 17.7. The summed E-state index contributed by atoms with van der Waals surface area (Å²) in [5.41, 5.74) is 0.748. The van der Waals surface area contributed by atoms with Crippen molar-refractivity contribution in [2.75, 3.05) is 7.11 Å². The normalized spacial score (nSPS) is 16.4. The third kappa shape index (κ3) is 4.31. The number of methoxy groups -OCH3 is 1. The number of nitrogens with one attached hydrogen (secondary N) is 1. The summed E-state index contributed by atoms with van der Waals surface area (Å²) in [6.45, 7) is 1.88. The van der Waals surface area contributed by atoms with Gasteiger partial charge in [0.25, 0.3) is 0 Å². The third-order valence-electron chi connectivity index (χ3n) is 4.36. The first-order valence-electron chi connectivity index (χ1n) is 8.58. The van der Waals surface area contributed by atoms with Crippen molar-refractivity contribution in [3.05, 3.63) is 24.3 Å². The first-order chi connectivity index (χ1) is 12.2. The number of ether oxygens (including phenoxy) is 1. The van der Waals surface area contributed by atoms with Crippen molar-refractivity contribution in [3.63, 3.8) is 0 Å². The second kappa shape index (κ2) is 8.33. The summed E-state index contributed by atoms with van der Waals surface area (Å²) in [7, 11) is 1.61. The minimum atomic E-state index is -0.276. The van der Waals surface area contributed by atoms with E-state index in [1.807, 2.05) is 31.2 Å². The molecule has 0 saturated heterocycles. The van der Waals surface area contributed by atoms with Crippen molar-refractivity contribution in [3.8, 4) is 11.4 Å². The summed E-state index contributed by atoms with van der Waals surface area (Å²) in [6, 6.07) is 7.82. The van der Waals surface area contributed by atoms with Gasteiger partial charge >= 0.3 is 0 Å². The fourth-order valence-electron chi connectivity index (χ4n) is 2.99. The Labute approximate surface area is 151 Å². The maximum absolute atomic E-state index is 12.5. The Kier molecular flexibility index (Phi) is 5.91. The van der Waals surface area contributed by atoms with Crippen LogP contribution in [0.1, 0.15) is 39.0 Å². The van der Waals surface area contributed by atoms with Gasteiger partial charge in [-0.2, -0.15) is 4.68 Å². The van der Waals surface area contributed by atoms with Crippen LogP contribution in [-0.2, 0) is 4.79 Å². The van der Waals surface area contributed by atoms with E-state index in [0.717, 1.165) is 18.5 Å². The van der Waals surface area contributed by atoms with Gasteiger partial charge in [0, 0.05) is 6.04 Å². The number of hydrogen-bond donors (Lipinski definition) is 1. The number of aromatic nitrogens is 4. The lowest BCUT2D eigenvalue weighted by Gasteiger charge is -2.24. The number of thioether (sulfide) groups is 1. The van der Waals surface area contributed by atoms with Crippen LogP contribution in [0.3, 0.4) is 0 Å². The molecule has 0 aliphatic heterocycles. The van der Waals surface area contributed by atoms with Gasteiger partial charge in [0.2, 0.25) is 11.1 Å². The summed E-state index contributed by atoms with van der Waals surface area (Å²) in [5.74, 6) is 0.711. The molecule has 0 unspecified atom stereocenters. The van der Waals surface area contributed by atoms with Gasteiger partial charge in [0.15, 0.2) is 0 Å². The number of nitrogens with zero attached hydrogens (tertiary/aromatic N) is 4. The van der Waals surface area contributed by atoms with Crippen molar-refractivity contribution in [2.24, 2.45) is 0 Å². The van der Waals surface area contributed by atoms with E-state index in [4.69, 9.17) is 4.74 Å². The van der Waals surface area contributed by atoms with Crippen molar-refractivity contribution < 1.29 is 9.53 Å². The van der Waals surface area contributed by atoms with Crippen LogP contribution in [0, 0.1) is 0 Å². The van der Waals surface area contributed by atoms with Gasteiger partial charge in [-0.15, -0.1) is 5.10 Å². The second-order valence-electron chi connectivity index (χ2n) is 6.15. The van der Waals surface area contributed by atoms with Crippen LogP contribution in [0.4, 0.5) is 0 Å². The topological polar surface area (TPSA) is 81.9 Å². The van der Waals surface area contributed by atoms with E-state index in [0.29, 0.717) is 16.9 Å². The summed E-state index contributed by atoms with van der Waals surface area (Å²) in [4.78, 5) is 12.5. The molecule has 1 aliphatic rings. The fourth-order valence-corrected chi connectivity index (χ4v) is 3.80. The molecule has 1 aromatic carbocycles. The van der Waals surface area contributed by atoms with Crippen LogP contribution < -0.4 is 10.1 Å². The van der Waals surface area contributed by atoms with Crippen molar-refractivity contribution >= 4 is 17.7 Å². The Balaban J connectivity index is 1.69.